The van der Waals surface area contributed by atoms with Crippen LogP contribution in [0, 0.1) is 5.92 Å². The molecule has 0 fully saturated rings. The van der Waals surface area contributed by atoms with Crippen molar-refractivity contribution in [3.8, 4) is 0 Å². The third-order valence-electron chi connectivity index (χ3n) is 4.42. The van der Waals surface area contributed by atoms with Gasteiger partial charge in [0.15, 0.2) is 5.69 Å². The van der Waals surface area contributed by atoms with Crippen molar-refractivity contribution in [1.82, 2.24) is 20.6 Å². The quantitative estimate of drug-likeness (QED) is 0.587. The van der Waals surface area contributed by atoms with Crippen molar-refractivity contribution < 1.29 is 9.59 Å². The number of amides is 2. The highest BCUT2D eigenvalue weighted by molar-refractivity contribution is 6.05. The topological polar surface area (TPSA) is 93.1 Å². The van der Waals surface area contributed by atoms with Gasteiger partial charge in [0.25, 0.3) is 11.5 Å². The Labute approximate surface area is 152 Å². The van der Waals surface area contributed by atoms with Gasteiger partial charge in [0.1, 0.15) is 0 Å². The lowest BCUT2D eigenvalue weighted by molar-refractivity contribution is -0.125. The minimum atomic E-state index is -0.540. The highest BCUT2D eigenvalue weighted by Crippen LogP contribution is 2.13. The van der Waals surface area contributed by atoms with Gasteiger partial charge >= 0.3 is 0 Å². The highest BCUT2D eigenvalue weighted by Gasteiger charge is 2.18. The second-order valence-electron chi connectivity index (χ2n) is 6.38. The number of fused-ring (bicyclic) bond motifs is 1. The van der Waals surface area contributed by atoms with Gasteiger partial charge in [-0.1, -0.05) is 51.8 Å². The van der Waals surface area contributed by atoms with E-state index in [2.05, 4.69) is 22.9 Å². The molecule has 2 N–H and O–H groups in total. The van der Waals surface area contributed by atoms with E-state index >= 15 is 0 Å². The summed E-state index contributed by atoms with van der Waals surface area (Å²) in [5.41, 5.74) is 4.74. The van der Waals surface area contributed by atoms with Crippen LogP contribution in [0.15, 0.2) is 29.1 Å². The van der Waals surface area contributed by atoms with Crippen LogP contribution >= 0.6 is 0 Å². The van der Waals surface area contributed by atoms with Gasteiger partial charge in [0.2, 0.25) is 5.91 Å². The average molecular weight is 358 g/mol. The Kier molecular flexibility index (Phi) is 6.89. The lowest BCUT2D eigenvalue weighted by Gasteiger charge is -2.13. The maximum atomic E-state index is 12.6. The lowest BCUT2D eigenvalue weighted by Crippen LogP contribution is -2.44. The van der Waals surface area contributed by atoms with E-state index in [-0.39, 0.29) is 23.1 Å². The summed E-state index contributed by atoms with van der Waals surface area (Å²) in [6, 6.07) is 6.88. The number of benzene rings is 1. The van der Waals surface area contributed by atoms with Gasteiger partial charge in [-0.15, -0.1) is 0 Å². The first kappa shape index (κ1) is 19.6. The monoisotopic (exact) mass is 358 g/mol. The number of hydrogen-bond acceptors (Lipinski definition) is 4. The average Bonchev–Trinajstić information content (AvgIpc) is 2.67. The van der Waals surface area contributed by atoms with Gasteiger partial charge in [-0.2, -0.15) is 5.10 Å². The molecule has 0 aliphatic heterocycles. The van der Waals surface area contributed by atoms with Crippen LogP contribution in [-0.2, 0) is 11.3 Å². The molecular weight excluding hydrogens is 332 g/mol. The molecule has 2 rings (SSSR count). The van der Waals surface area contributed by atoms with Crippen LogP contribution in [0.1, 0.15) is 56.9 Å². The first-order valence-electron chi connectivity index (χ1n) is 9.09. The van der Waals surface area contributed by atoms with E-state index in [1.807, 2.05) is 6.92 Å². The Morgan fingerprint density at radius 2 is 1.81 bits per heavy atom. The van der Waals surface area contributed by atoms with Crippen molar-refractivity contribution >= 4 is 22.6 Å². The van der Waals surface area contributed by atoms with E-state index in [1.165, 1.54) is 4.68 Å². The Bertz CT molecular complexity index is 844. The molecule has 26 heavy (non-hydrogen) atoms. The second-order valence-corrected chi connectivity index (χ2v) is 6.38. The molecule has 0 aliphatic carbocycles. The summed E-state index contributed by atoms with van der Waals surface area (Å²) >= 11 is 0. The second kappa shape index (κ2) is 9.12. The van der Waals surface area contributed by atoms with Gasteiger partial charge in [0.05, 0.1) is 5.39 Å². The molecule has 0 aliphatic rings. The van der Waals surface area contributed by atoms with Crippen LogP contribution < -0.4 is 16.4 Å². The molecule has 0 bridgehead atoms. The number of hydrazine groups is 1. The van der Waals surface area contributed by atoms with Gasteiger partial charge in [-0.25, -0.2) is 4.68 Å². The normalized spacial score (nSPS) is 12.0. The van der Waals surface area contributed by atoms with E-state index in [0.29, 0.717) is 23.7 Å². The Morgan fingerprint density at radius 3 is 2.46 bits per heavy atom. The summed E-state index contributed by atoms with van der Waals surface area (Å²) in [5, 5.41) is 5.17. The fourth-order valence-electron chi connectivity index (χ4n) is 2.55. The molecule has 1 aromatic heterocycles. The zero-order chi connectivity index (χ0) is 19.1. The maximum absolute atomic E-state index is 12.6. The molecular formula is C19H26N4O3. The first-order valence-corrected chi connectivity index (χ1v) is 9.09. The largest absolute Gasteiger partial charge is 0.290 e. The molecule has 1 aromatic carbocycles. The summed E-state index contributed by atoms with van der Waals surface area (Å²) in [6.45, 7) is 6.21. The van der Waals surface area contributed by atoms with E-state index in [4.69, 9.17) is 0 Å². The Hall–Kier alpha value is -2.70. The number of unbranched alkanes of at least 4 members (excludes halogenated alkanes) is 2. The van der Waals surface area contributed by atoms with Crippen molar-refractivity contribution in [1.29, 1.82) is 0 Å². The number of rotatable bonds is 7. The SMILES string of the molecule is CCCCCn1nc(C(=O)NNC(=O)C(C)CC)c2ccccc2c1=O. The van der Waals surface area contributed by atoms with E-state index < -0.39 is 5.91 Å². The van der Waals surface area contributed by atoms with Gasteiger partial charge in [0, 0.05) is 17.8 Å². The van der Waals surface area contributed by atoms with E-state index in [0.717, 1.165) is 19.3 Å². The molecule has 2 aromatic rings. The lowest BCUT2D eigenvalue weighted by atomic mass is 10.1. The predicted octanol–water partition coefficient (Wildman–Crippen LogP) is 2.39. The molecule has 0 spiro atoms. The summed E-state index contributed by atoms with van der Waals surface area (Å²) in [7, 11) is 0. The van der Waals surface area contributed by atoms with Crippen molar-refractivity contribution in [2.24, 2.45) is 5.92 Å². The maximum Gasteiger partial charge on any atom is 0.290 e. The Morgan fingerprint density at radius 1 is 1.12 bits per heavy atom. The number of hydrogen-bond donors (Lipinski definition) is 2. The highest BCUT2D eigenvalue weighted by atomic mass is 16.2. The summed E-state index contributed by atoms with van der Waals surface area (Å²) < 4.78 is 1.34. The zero-order valence-electron chi connectivity index (χ0n) is 15.5. The standard InChI is InChI=1S/C19H26N4O3/c1-4-6-9-12-23-19(26)15-11-8-7-10-14(15)16(22-23)18(25)21-20-17(24)13(3)5-2/h7-8,10-11,13H,4-6,9,12H2,1-3H3,(H,20,24)(H,21,25). The minimum absolute atomic E-state index is 0.126. The van der Waals surface area contributed by atoms with Crippen LogP contribution in [0.2, 0.25) is 0 Å². The molecule has 1 atom stereocenters. The molecule has 1 unspecified atom stereocenters. The van der Waals surface area contributed by atoms with Crippen LogP contribution in [0.4, 0.5) is 0 Å². The molecule has 0 saturated carbocycles. The first-order chi connectivity index (χ1) is 12.5. The molecule has 2 amide bonds. The van der Waals surface area contributed by atoms with Crippen LogP contribution in [0.25, 0.3) is 10.8 Å². The molecule has 140 valence electrons. The molecule has 7 heteroatoms. The van der Waals surface area contributed by atoms with Crippen LogP contribution in [0.3, 0.4) is 0 Å². The summed E-state index contributed by atoms with van der Waals surface area (Å²) in [6.07, 6.45) is 3.49. The molecule has 7 nitrogen and oxygen atoms in total. The molecule has 0 radical (unpaired) electrons. The number of carbonyl (C=O) groups excluding carboxylic acids is 2. The van der Waals surface area contributed by atoms with Crippen molar-refractivity contribution in [3.05, 3.63) is 40.3 Å². The molecule has 1 heterocycles. The fraction of sp³-hybridized carbons (Fsp3) is 0.474. The van der Waals surface area contributed by atoms with Crippen molar-refractivity contribution in [2.75, 3.05) is 0 Å². The minimum Gasteiger partial charge on any atom is -0.273 e. The third kappa shape index (κ3) is 4.47. The Balaban J connectivity index is 2.32. The van der Waals surface area contributed by atoms with Crippen molar-refractivity contribution in [2.45, 2.75) is 53.0 Å². The van der Waals surface area contributed by atoms with E-state index in [1.54, 1.807) is 31.2 Å². The van der Waals surface area contributed by atoms with Crippen LogP contribution in [0.5, 0.6) is 0 Å². The van der Waals surface area contributed by atoms with Crippen LogP contribution in [-0.4, -0.2) is 21.6 Å². The van der Waals surface area contributed by atoms with Gasteiger partial charge < -0.3 is 0 Å². The third-order valence-corrected chi connectivity index (χ3v) is 4.42. The summed E-state index contributed by atoms with van der Waals surface area (Å²) in [5.74, 6) is -1.01. The van der Waals surface area contributed by atoms with Gasteiger partial charge in [-0.05, 0) is 18.9 Å². The molecule has 0 saturated heterocycles. The predicted molar refractivity (Wildman–Crippen MR) is 101 cm³/mol. The van der Waals surface area contributed by atoms with Crippen molar-refractivity contribution in [3.63, 3.8) is 0 Å². The zero-order valence-corrected chi connectivity index (χ0v) is 15.5. The van der Waals surface area contributed by atoms with E-state index in [9.17, 15) is 14.4 Å². The number of nitrogens with zero attached hydrogens (tertiary/aromatic N) is 2. The number of carbonyl (C=O) groups is 2. The smallest absolute Gasteiger partial charge is 0.273 e. The summed E-state index contributed by atoms with van der Waals surface area (Å²) in [4.78, 5) is 37.0. The van der Waals surface area contributed by atoms with Gasteiger partial charge in [-0.3, -0.25) is 25.2 Å². The number of nitrogens with one attached hydrogen (secondary N) is 2. The number of aryl methyl sites for hydroxylation is 1. The number of aromatic nitrogens is 2. The fourth-order valence-corrected chi connectivity index (χ4v) is 2.55.